The van der Waals surface area contributed by atoms with Crippen LogP contribution in [0.1, 0.15) is 21.7 Å². The van der Waals surface area contributed by atoms with Crippen LogP contribution >= 0.6 is 0 Å². The van der Waals surface area contributed by atoms with Crippen LogP contribution in [0.4, 0.5) is 10.5 Å². The number of amides is 4. The first kappa shape index (κ1) is 19.8. The second kappa shape index (κ2) is 7.71. The molecule has 1 aliphatic rings. The number of carbonyl (C=O) groups is 4. The lowest BCUT2D eigenvalue weighted by Gasteiger charge is -2.25. The van der Waals surface area contributed by atoms with E-state index in [-0.39, 0.29) is 22.6 Å². The van der Waals surface area contributed by atoms with Gasteiger partial charge in [-0.05, 0) is 55.0 Å². The summed E-state index contributed by atoms with van der Waals surface area (Å²) in [7, 11) is 0. The molecule has 0 radical (unpaired) electrons. The number of aromatic carboxylic acids is 1. The molecule has 3 heterocycles. The first-order valence-electron chi connectivity index (χ1n) is 9.11. The molecule has 1 fully saturated rings. The molecule has 9 nitrogen and oxygen atoms in total. The number of carbonyl (C=O) groups excluding carboxylic acids is 3. The van der Waals surface area contributed by atoms with Gasteiger partial charge in [0.1, 0.15) is 17.1 Å². The Bertz CT molecular complexity index is 1260. The lowest BCUT2D eigenvalue weighted by molar-refractivity contribution is -0.122. The maximum atomic E-state index is 12.9. The van der Waals surface area contributed by atoms with Crippen molar-refractivity contribution in [2.45, 2.75) is 6.92 Å². The topological polar surface area (TPSA) is 130 Å². The van der Waals surface area contributed by atoms with Crippen LogP contribution in [0.5, 0.6) is 0 Å². The quantitative estimate of drug-likeness (QED) is 0.493. The predicted octanol–water partition coefficient (Wildman–Crippen LogP) is 3.01. The van der Waals surface area contributed by atoms with Gasteiger partial charge in [-0.3, -0.25) is 19.9 Å². The number of aromatic nitrogens is 1. The molecule has 31 heavy (non-hydrogen) atoms. The minimum atomic E-state index is -1.07. The highest BCUT2D eigenvalue weighted by molar-refractivity contribution is 6.39. The van der Waals surface area contributed by atoms with Gasteiger partial charge in [-0.15, -0.1) is 0 Å². The number of pyridine rings is 1. The van der Waals surface area contributed by atoms with Crippen LogP contribution in [0, 0.1) is 6.92 Å². The molecule has 2 aromatic heterocycles. The number of urea groups is 1. The Balaban J connectivity index is 1.69. The smallest absolute Gasteiger partial charge is 0.335 e. The third-order valence-corrected chi connectivity index (χ3v) is 4.69. The van der Waals surface area contributed by atoms with Crippen molar-refractivity contribution in [3.8, 4) is 11.3 Å². The number of rotatable bonds is 4. The van der Waals surface area contributed by atoms with Gasteiger partial charge in [-0.1, -0.05) is 6.07 Å². The maximum Gasteiger partial charge on any atom is 0.335 e. The maximum absolute atomic E-state index is 12.9. The van der Waals surface area contributed by atoms with Crippen LogP contribution in [0.25, 0.3) is 17.4 Å². The highest BCUT2D eigenvalue weighted by atomic mass is 16.4. The molecule has 0 aliphatic carbocycles. The first-order chi connectivity index (χ1) is 14.8. The fourth-order valence-electron chi connectivity index (χ4n) is 3.12. The monoisotopic (exact) mass is 417 g/mol. The summed E-state index contributed by atoms with van der Waals surface area (Å²) in [4.78, 5) is 53.2. The van der Waals surface area contributed by atoms with E-state index in [1.165, 1.54) is 42.7 Å². The van der Waals surface area contributed by atoms with Gasteiger partial charge in [0.05, 0.1) is 11.3 Å². The fourth-order valence-corrected chi connectivity index (χ4v) is 3.12. The van der Waals surface area contributed by atoms with E-state index >= 15 is 0 Å². The molecule has 154 valence electrons. The Kier molecular flexibility index (Phi) is 4.92. The molecule has 0 unspecified atom stereocenters. The molecule has 3 aromatic rings. The molecule has 1 aromatic carbocycles. The van der Waals surface area contributed by atoms with Crippen molar-refractivity contribution in [3.63, 3.8) is 0 Å². The highest BCUT2D eigenvalue weighted by Crippen LogP contribution is 2.28. The summed E-state index contributed by atoms with van der Waals surface area (Å²) in [6.45, 7) is 1.80. The minimum Gasteiger partial charge on any atom is -0.478 e. The third-order valence-electron chi connectivity index (χ3n) is 4.69. The second-order valence-electron chi connectivity index (χ2n) is 6.70. The van der Waals surface area contributed by atoms with Crippen LogP contribution < -0.4 is 10.2 Å². The van der Waals surface area contributed by atoms with E-state index in [0.717, 1.165) is 10.5 Å². The Morgan fingerprint density at radius 2 is 1.84 bits per heavy atom. The number of furan rings is 1. The van der Waals surface area contributed by atoms with E-state index in [9.17, 15) is 24.3 Å². The van der Waals surface area contributed by atoms with Gasteiger partial charge in [0.25, 0.3) is 11.8 Å². The van der Waals surface area contributed by atoms with Crippen LogP contribution in [0.15, 0.2) is 64.8 Å². The Morgan fingerprint density at radius 1 is 1.10 bits per heavy atom. The van der Waals surface area contributed by atoms with Crippen LogP contribution in [0.3, 0.4) is 0 Å². The molecule has 0 bridgehead atoms. The van der Waals surface area contributed by atoms with Crippen molar-refractivity contribution < 1.29 is 28.7 Å². The summed E-state index contributed by atoms with van der Waals surface area (Å²) in [6, 6.07) is 9.86. The zero-order chi connectivity index (χ0) is 22.1. The third kappa shape index (κ3) is 3.71. The average molecular weight is 417 g/mol. The molecule has 1 saturated heterocycles. The molecule has 9 heteroatoms. The molecular weight excluding hydrogens is 402 g/mol. The van der Waals surface area contributed by atoms with Crippen LogP contribution in [-0.4, -0.2) is 33.9 Å². The van der Waals surface area contributed by atoms with E-state index in [1.807, 2.05) is 0 Å². The summed E-state index contributed by atoms with van der Waals surface area (Å²) in [5.74, 6) is -2.15. The summed E-state index contributed by atoms with van der Waals surface area (Å²) < 4.78 is 5.74. The number of imide groups is 2. The average Bonchev–Trinajstić information content (AvgIpc) is 3.20. The number of anilines is 1. The second-order valence-corrected chi connectivity index (χ2v) is 6.70. The number of hydrogen-bond acceptors (Lipinski definition) is 6. The van der Waals surface area contributed by atoms with Gasteiger partial charge in [0.15, 0.2) is 0 Å². The number of carboxylic acid groups (broad SMARTS) is 1. The van der Waals surface area contributed by atoms with Crippen molar-refractivity contribution in [2.75, 3.05) is 4.90 Å². The van der Waals surface area contributed by atoms with Gasteiger partial charge in [0, 0.05) is 18.0 Å². The summed E-state index contributed by atoms with van der Waals surface area (Å²) in [5.41, 5.74) is 1.44. The highest BCUT2D eigenvalue weighted by Gasteiger charge is 2.37. The molecule has 4 amide bonds. The zero-order valence-corrected chi connectivity index (χ0v) is 16.2. The lowest BCUT2D eigenvalue weighted by Crippen LogP contribution is -2.54. The minimum absolute atomic E-state index is 0.102. The lowest BCUT2D eigenvalue weighted by atomic mass is 10.0. The number of nitrogens with zero attached hydrogens (tertiary/aromatic N) is 2. The Hall–Kier alpha value is -4.53. The van der Waals surface area contributed by atoms with E-state index in [2.05, 4.69) is 10.3 Å². The number of nitrogens with one attached hydrogen (secondary N) is 1. The molecule has 0 saturated carbocycles. The van der Waals surface area contributed by atoms with Gasteiger partial charge in [0.2, 0.25) is 0 Å². The van der Waals surface area contributed by atoms with Gasteiger partial charge < -0.3 is 9.52 Å². The number of carboxylic acids is 1. The summed E-state index contributed by atoms with van der Waals surface area (Å²) >= 11 is 0. The molecular formula is C22H15N3O6. The number of benzene rings is 1. The Morgan fingerprint density at radius 3 is 2.55 bits per heavy atom. The number of aryl methyl sites for hydroxylation is 1. The van der Waals surface area contributed by atoms with Gasteiger partial charge >= 0.3 is 12.0 Å². The predicted molar refractivity (Wildman–Crippen MR) is 109 cm³/mol. The zero-order valence-electron chi connectivity index (χ0n) is 16.2. The molecule has 0 spiro atoms. The van der Waals surface area contributed by atoms with Crippen molar-refractivity contribution in [1.82, 2.24) is 10.3 Å². The summed E-state index contributed by atoms with van der Waals surface area (Å²) in [6.07, 6.45) is 4.07. The molecule has 4 rings (SSSR count). The Labute approximate surface area is 175 Å². The van der Waals surface area contributed by atoms with Crippen LogP contribution in [-0.2, 0) is 9.59 Å². The molecule has 2 N–H and O–H groups in total. The van der Waals surface area contributed by atoms with E-state index < -0.39 is 23.8 Å². The van der Waals surface area contributed by atoms with Crippen LogP contribution in [0.2, 0.25) is 0 Å². The standard InChI is InChI=1S/C22H15N3O6/c1-12-2-3-13(21(28)29)10-16(12)18-5-4-15(31-18)11-17-19(26)24-22(30)25(20(17)27)14-6-8-23-9-7-14/h2-11H,1H3,(H,28,29)(H,24,26,30)/b17-11+. The SMILES string of the molecule is Cc1ccc(C(=O)O)cc1-c1ccc(/C=C2\C(=O)NC(=O)N(c3ccncc3)C2=O)o1. The first-order valence-corrected chi connectivity index (χ1v) is 9.11. The van der Waals surface area contributed by atoms with Gasteiger partial charge in [-0.25, -0.2) is 14.5 Å². The van der Waals surface area contributed by atoms with Crippen molar-refractivity contribution in [2.24, 2.45) is 0 Å². The number of barbiturate groups is 1. The van der Waals surface area contributed by atoms with E-state index in [4.69, 9.17) is 4.42 Å². The molecule has 1 aliphatic heterocycles. The largest absolute Gasteiger partial charge is 0.478 e. The number of hydrogen-bond donors (Lipinski definition) is 2. The van der Waals surface area contributed by atoms with E-state index in [1.54, 1.807) is 25.1 Å². The summed E-state index contributed by atoms with van der Waals surface area (Å²) in [5, 5.41) is 11.3. The van der Waals surface area contributed by atoms with E-state index in [0.29, 0.717) is 11.3 Å². The van der Waals surface area contributed by atoms with Crippen molar-refractivity contribution >= 4 is 35.6 Å². The van der Waals surface area contributed by atoms with Gasteiger partial charge in [-0.2, -0.15) is 0 Å². The normalized spacial score (nSPS) is 15.3. The molecule has 0 atom stereocenters. The van der Waals surface area contributed by atoms with Crippen molar-refractivity contribution in [1.29, 1.82) is 0 Å². The fraction of sp³-hybridized carbons (Fsp3) is 0.0455. The van der Waals surface area contributed by atoms with Crippen molar-refractivity contribution in [3.05, 3.63) is 77.3 Å².